The first-order valence-corrected chi connectivity index (χ1v) is 15.7. The summed E-state index contributed by atoms with van der Waals surface area (Å²) in [5, 5.41) is 0. The third kappa shape index (κ3) is 7.42. The van der Waals surface area contributed by atoms with Crippen molar-refractivity contribution in [2.24, 2.45) is 0 Å². The van der Waals surface area contributed by atoms with E-state index < -0.39 is 16.7 Å². The van der Waals surface area contributed by atoms with Crippen LogP contribution >= 0.6 is 0 Å². The van der Waals surface area contributed by atoms with Crippen molar-refractivity contribution < 1.29 is 32.9 Å². The molecule has 2 fully saturated rings. The van der Waals surface area contributed by atoms with E-state index in [4.69, 9.17) is 18.9 Å². The van der Waals surface area contributed by atoms with Crippen molar-refractivity contribution in [1.29, 1.82) is 0 Å². The topological polar surface area (TPSA) is 77.5 Å². The SMILES string of the molecule is CC(C)(C)OC(=O)N1CC(OCc2ccc(CC(C)(C)OC(=O)N3CC(OCc4ccc(F)cc4)CC34C=C4)cc2)CC12C=C2. The van der Waals surface area contributed by atoms with Crippen LogP contribution in [-0.2, 0) is 38.6 Å². The van der Waals surface area contributed by atoms with E-state index in [-0.39, 0.29) is 35.8 Å². The highest BCUT2D eigenvalue weighted by atomic mass is 19.1. The summed E-state index contributed by atoms with van der Waals surface area (Å²) in [5.41, 5.74) is 0.947. The first kappa shape index (κ1) is 31.3. The van der Waals surface area contributed by atoms with Gasteiger partial charge in [-0.1, -0.05) is 60.7 Å². The highest BCUT2D eigenvalue weighted by Gasteiger charge is 2.53. The number of rotatable bonds is 9. The number of amides is 2. The van der Waals surface area contributed by atoms with Gasteiger partial charge in [0.2, 0.25) is 0 Å². The van der Waals surface area contributed by atoms with Gasteiger partial charge >= 0.3 is 12.2 Å². The summed E-state index contributed by atoms with van der Waals surface area (Å²) in [7, 11) is 0. The minimum atomic E-state index is -0.723. The molecule has 2 heterocycles. The molecule has 2 spiro atoms. The van der Waals surface area contributed by atoms with Crippen molar-refractivity contribution in [2.75, 3.05) is 13.1 Å². The Labute approximate surface area is 264 Å². The molecule has 2 saturated heterocycles. The van der Waals surface area contributed by atoms with Gasteiger partial charge in [-0.2, -0.15) is 0 Å². The number of benzene rings is 2. The molecule has 4 aliphatic rings. The van der Waals surface area contributed by atoms with Gasteiger partial charge in [0.05, 0.1) is 49.6 Å². The smallest absolute Gasteiger partial charge is 0.411 e. The van der Waals surface area contributed by atoms with Gasteiger partial charge < -0.3 is 18.9 Å². The Morgan fingerprint density at radius 1 is 0.711 bits per heavy atom. The summed E-state index contributed by atoms with van der Waals surface area (Å²) in [5.74, 6) is -0.277. The maximum atomic E-state index is 13.3. The van der Waals surface area contributed by atoms with Gasteiger partial charge in [-0.25, -0.2) is 14.0 Å². The first-order chi connectivity index (χ1) is 21.2. The lowest BCUT2D eigenvalue weighted by atomic mass is 9.97. The van der Waals surface area contributed by atoms with Crippen LogP contribution in [0.5, 0.6) is 0 Å². The summed E-state index contributed by atoms with van der Waals surface area (Å²) in [6, 6.07) is 14.4. The molecule has 8 nitrogen and oxygen atoms in total. The number of nitrogens with zero attached hydrogens (tertiary/aromatic N) is 2. The molecule has 2 aromatic rings. The molecule has 2 atom stereocenters. The van der Waals surface area contributed by atoms with Crippen molar-refractivity contribution in [2.45, 2.75) is 102 Å². The lowest BCUT2D eigenvalue weighted by Crippen LogP contribution is -2.43. The highest BCUT2D eigenvalue weighted by molar-refractivity contribution is 5.73. The Morgan fingerprint density at radius 2 is 1.13 bits per heavy atom. The number of halogens is 1. The molecule has 45 heavy (non-hydrogen) atoms. The van der Waals surface area contributed by atoms with Crippen molar-refractivity contribution in [3.8, 4) is 0 Å². The summed E-state index contributed by atoms with van der Waals surface area (Å²) in [4.78, 5) is 29.6. The number of ether oxygens (including phenoxy) is 4. The van der Waals surface area contributed by atoms with Crippen molar-refractivity contribution in [1.82, 2.24) is 9.80 Å². The van der Waals surface area contributed by atoms with Crippen molar-refractivity contribution in [3.05, 3.63) is 95.3 Å². The molecule has 2 aliphatic carbocycles. The zero-order valence-corrected chi connectivity index (χ0v) is 26.8. The number of carbonyl (C=O) groups is 2. The van der Waals surface area contributed by atoms with Gasteiger partial charge in [0, 0.05) is 19.3 Å². The summed E-state index contributed by atoms with van der Waals surface area (Å²) >= 11 is 0. The molecule has 0 aromatic heterocycles. The number of carbonyl (C=O) groups excluding carboxylic acids is 2. The van der Waals surface area contributed by atoms with E-state index in [0.717, 1.165) is 23.1 Å². The number of likely N-dealkylation sites (tertiary alicyclic amines) is 2. The van der Waals surface area contributed by atoms with E-state index in [1.54, 1.807) is 21.9 Å². The quantitative estimate of drug-likeness (QED) is 0.291. The second kappa shape index (κ2) is 11.6. The molecule has 2 aromatic carbocycles. The van der Waals surface area contributed by atoms with Crippen LogP contribution in [0.15, 0.2) is 72.8 Å². The molecule has 9 heteroatoms. The Kier molecular flexibility index (Phi) is 8.06. The Hall–Kier alpha value is -3.69. The van der Waals surface area contributed by atoms with Crippen LogP contribution in [0.1, 0.15) is 64.2 Å². The molecule has 2 unspecified atom stereocenters. The van der Waals surface area contributed by atoms with Crippen LogP contribution in [0.2, 0.25) is 0 Å². The second-order valence-electron chi connectivity index (χ2n) is 14.4. The van der Waals surface area contributed by atoms with Gasteiger partial charge in [-0.3, -0.25) is 9.80 Å². The van der Waals surface area contributed by atoms with Crippen LogP contribution in [-0.4, -0.2) is 69.6 Å². The molecule has 0 saturated carbocycles. The van der Waals surface area contributed by atoms with Crippen LogP contribution in [0.25, 0.3) is 0 Å². The first-order valence-electron chi connectivity index (χ1n) is 15.7. The fraction of sp³-hybridized carbons (Fsp3) is 0.500. The molecule has 0 N–H and O–H groups in total. The maximum Gasteiger partial charge on any atom is 0.411 e. The van der Waals surface area contributed by atoms with Crippen molar-refractivity contribution >= 4 is 12.2 Å². The average molecular weight is 619 g/mol. The van der Waals surface area contributed by atoms with Crippen LogP contribution in [0.4, 0.5) is 14.0 Å². The van der Waals surface area contributed by atoms with E-state index in [0.29, 0.717) is 39.1 Å². The second-order valence-corrected chi connectivity index (χ2v) is 14.4. The lowest BCUT2D eigenvalue weighted by molar-refractivity contribution is 0.00586. The fourth-order valence-corrected chi connectivity index (χ4v) is 6.26. The fourth-order valence-electron chi connectivity index (χ4n) is 6.26. The number of hydrogen-bond acceptors (Lipinski definition) is 6. The van der Waals surface area contributed by atoms with Crippen molar-refractivity contribution in [3.63, 3.8) is 0 Å². The van der Waals surface area contributed by atoms with Gasteiger partial charge in [0.25, 0.3) is 0 Å². The van der Waals surface area contributed by atoms with Crippen LogP contribution in [0.3, 0.4) is 0 Å². The number of hydrogen-bond donors (Lipinski definition) is 0. The molecule has 2 amide bonds. The zero-order chi connectivity index (χ0) is 32.0. The summed E-state index contributed by atoms with van der Waals surface area (Å²) in [6.07, 6.45) is 9.21. The predicted molar refractivity (Wildman–Crippen MR) is 167 cm³/mol. The third-order valence-electron chi connectivity index (χ3n) is 8.73. The maximum absolute atomic E-state index is 13.3. The van der Waals surface area contributed by atoms with Gasteiger partial charge in [-0.15, -0.1) is 0 Å². The Bertz CT molecular complexity index is 1460. The van der Waals surface area contributed by atoms with Gasteiger partial charge in [0.1, 0.15) is 17.0 Å². The van der Waals surface area contributed by atoms with E-state index >= 15 is 0 Å². The van der Waals surface area contributed by atoms with E-state index in [9.17, 15) is 14.0 Å². The zero-order valence-electron chi connectivity index (χ0n) is 26.8. The minimum absolute atomic E-state index is 0.0757. The predicted octanol–water partition coefficient (Wildman–Crippen LogP) is 6.72. The highest BCUT2D eigenvalue weighted by Crippen LogP contribution is 2.44. The minimum Gasteiger partial charge on any atom is -0.444 e. The molecular weight excluding hydrogens is 575 g/mol. The van der Waals surface area contributed by atoms with E-state index in [2.05, 4.69) is 0 Å². The third-order valence-corrected chi connectivity index (χ3v) is 8.73. The van der Waals surface area contributed by atoms with Gasteiger partial charge in [0.15, 0.2) is 0 Å². The molecular formula is C36H43FN2O6. The Balaban J connectivity index is 0.965. The molecule has 2 aliphatic heterocycles. The Morgan fingerprint density at radius 3 is 1.58 bits per heavy atom. The van der Waals surface area contributed by atoms with Crippen LogP contribution < -0.4 is 0 Å². The van der Waals surface area contributed by atoms with E-state index in [1.165, 1.54) is 12.1 Å². The largest absolute Gasteiger partial charge is 0.444 e. The summed E-state index contributed by atoms with van der Waals surface area (Å²) < 4.78 is 37.1. The molecule has 6 rings (SSSR count). The van der Waals surface area contributed by atoms with Gasteiger partial charge in [-0.05, 0) is 63.4 Å². The normalized spacial score (nSPS) is 22.4. The molecule has 240 valence electrons. The standard InChI is InChI=1S/C36H43FN2O6/c1-33(2,3)44-31(40)38-21-29(19-35(38)14-15-35)42-23-26-8-6-25(7-9-26)18-34(4,5)45-32(41)39-22-30(20-36(39)16-17-36)43-24-27-10-12-28(37)13-11-27/h6-17,29-30H,18-24H2,1-5H3. The average Bonchev–Trinajstić information content (AvgIpc) is 3.83. The summed E-state index contributed by atoms with van der Waals surface area (Å²) in [6.45, 7) is 11.2. The van der Waals surface area contributed by atoms with E-state index in [1.807, 2.05) is 83.2 Å². The molecule has 0 bridgehead atoms. The van der Waals surface area contributed by atoms with Crippen LogP contribution in [0, 0.1) is 5.82 Å². The molecule has 0 radical (unpaired) electrons. The lowest BCUT2D eigenvalue weighted by Gasteiger charge is -2.31. The monoisotopic (exact) mass is 618 g/mol.